The van der Waals surface area contributed by atoms with Gasteiger partial charge in [-0.05, 0) is 31.0 Å². The summed E-state index contributed by atoms with van der Waals surface area (Å²) >= 11 is 0. The van der Waals surface area contributed by atoms with Crippen molar-refractivity contribution in [2.75, 3.05) is 17.2 Å². The van der Waals surface area contributed by atoms with Gasteiger partial charge in [-0.1, -0.05) is 0 Å². The van der Waals surface area contributed by atoms with Crippen LogP contribution in [0.3, 0.4) is 0 Å². The molecule has 4 heteroatoms. The normalized spacial score (nSPS) is 14.5. The molecule has 1 aliphatic rings. The lowest BCUT2D eigenvalue weighted by atomic mass is 10.2. The molecule has 0 atom stereocenters. The fourth-order valence-electron chi connectivity index (χ4n) is 1.82. The smallest absolute Gasteiger partial charge is 0.125 e. The van der Waals surface area contributed by atoms with Crippen molar-refractivity contribution in [1.29, 1.82) is 5.26 Å². The first-order valence-electron chi connectivity index (χ1n) is 5.41. The van der Waals surface area contributed by atoms with Gasteiger partial charge < -0.3 is 10.6 Å². The van der Waals surface area contributed by atoms with Crippen LogP contribution in [0.15, 0.2) is 18.2 Å². The zero-order valence-corrected chi connectivity index (χ0v) is 8.99. The maximum atomic E-state index is 13.2. The van der Waals surface area contributed by atoms with E-state index in [1.54, 1.807) is 6.07 Å². The monoisotopic (exact) mass is 219 g/mol. The first kappa shape index (κ1) is 10.7. The number of halogens is 1. The van der Waals surface area contributed by atoms with E-state index in [-0.39, 0.29) is 5.82 Å². The number of nitrogen functional groups attached to an aromatic ring is 1. The Hall–Kier alpha value is -1.76. The number of nitriles is 1. The van der Waals surface area contributed by atoms with Crippen LogP contribution < -0.4 is 10.6 Å². The maximum Gasteiger partial charge on any atom is 0.125 e. The molecule has 2 N–H and O–H groups in total. The number of nitrogens with zero attached hydrogens (tertiary/aromatic N) is 2. The highest BCUT2D eigenvalue weighted by atomic mass is 19.1. The molecule has 3 nitrogen and oxygen atoms in total. The molecule has 0 radical (unpaired) electrons. The van der Waals surface area contributed by atoms with Crippen LogP contribution in [0.1, 0.15) is 19.3 Å². The molecule has 0 aromatic heterocycles. The number of rotatable bonds is 4. The Labute approximate surface area is 94.3 Å². The fraction of sp³-hybridized carbons (Fsp3) is 0.417. The molecule has 1 saturated carbocycles. The summed E-state index contributed by atoms with van der Waals surface area (Å²) in [5.41, 5.74) is 7.13. The SMILES string of the molecule is N#CCCN(c1cc(F)ccc1N)C1CC1. The highest BCUT2D eigenvalue weighted by molar-refractivity contribution is 5.68. The largest absolute Gasteiger partial charge is 0.397 e. The highest BCUT2D eigenvalue weighted by Gasteiger charge is 2.30. The fourth-order valence-corrected chi connectivity index (χ4v) is 1.82. The van der Waals surface area contributed by atoms with Crippen molar-refractivity contribution in [3.63, 3.8) is 0 Å². The van der Waals surface area contributed by atoms with E-state index in [0.717, 1.165) is 18.5 Å². The van der Waals surface area contributed by atoms with Crippen LogP contribution in [0.5, 0.6) is 0 Å². The number of hydrogen-bond donors (Lipinski definition) is 1. The Balaban J connectivity index is 2.23. The molecule has 84 valence electrons. The zero-order chi connectivity index (χ0) is 11.5. The molecule has 0 amide bonds. The molecule has 1 aliphatic carbocycles. The Morgan fingerprint density at radius 1 is 1.50 bits per heavy atom. The first-order valence-corrected chi connectivity index (χ1v) is 5.41. The first-order chi connectivity index (χ1) is 7.72. The van der Waals surface area contributed by atoms with Gasteiger partial charge in [0.1, 0.15) is 5.82 Å². The number of hydrogen-bond acceptors (Lipinski definition) is 3. The average Bonchev–Trinajstić information content (AvgIpc) is 3.08. The van der Waals surface area contributed by atoms with Crippen LogP contribution in [0.2, 0.25) is 0 Å². The quantitative estimate of drug-likeness (QED) is 0.790. The number of nitrogens with two attached hydrogens (primary N) is 1. The standard InChI is InChI=1S/C12H14FN3/c13-9-2-5-11(15)12(8-9)16(7-1-6-14)10-3-4-10/h2,5,8,10H,1,3-4,7,15H2. The zero-order valence-electron chi connectivity index (χ0n) is 8.99. The summed E-state index contributed by atoms with van der Waals surface area (Å²) in [7, 11) is 0. The Morgan fingerprint density at radius 3 is 2.88 bits per heavy atom. The summed E-state index contributed by atoms with van der Waals surface area (Å²) in [6, 6.07) is 6.92. The average molecular weight is 219 g/mol. The van der Waals surface area contributed by atoms with Crippen molar-refractivity contribution in [2.24, 2.45) is 0 Å². The van der Waals surface area contributed by atoms with Crippen LogP contribution >= 0.6 is 0 Å². The molecular weight excluding hydrogens is 205 g/mol. The summed E-state index contributed by atoms with van der Waals surface area (Å²) in [4.78, 5) is 2.04. The van der Waals surface area contributed by atoms with E-state index in [9.17, 15) is 4.39 Å². The van der Waals surface area contributed by atoms with Crippen LogP contribution in [0.4, 0.5) is 15.8 Å². The molecule has 16 heavy (non-hydrogen) atoms. The van der Waals surface area contributed by atoms with Gasteiger partial charge in [0.15, 0.2) is 0 Å². The van der Waals surface area contributed by atoms with Gasteiger partial charge in [-0.15, -0.1) is 0 Å². The minimum atomic E-state index is -0.285. The van der Waals surface area contributed by atoms with Crippen molar-refractivity contribution in [3.05, 3.63) is 24.0 Å². The summed E-state index contributed by atoms with van der Waals surface area (Å²) < 4.78 is 13.2. The van der Waals surface area contributed by atoms with E-state index in [1.165, 1.54) is 12.1 Å². The molecule has 0 saturated heterocycles. The van der Waals surface area contributed by atoms with E-state index >= 15 is 0 Å². The maximum absolute atomic E-state index is 13.2. The Bertz CT molecular complexity index is 421. The third kappa shape index (κ3) is 2.25. The lowest BCUT2D eigenvalue weighted by Crippen LogP contribution is -2.27. The van der Waals surface area contributed by atoms with Crippen molar-refractivity contribution < 1.29 is 4.39 Å². The van der Waals surface area contributed by atoms with Crippen LogP contribution in [0, 0.1) is 17.1 Å². The van der Waals surface area contributed by atoms with Crippen molar-refractivity contribution in [2.45, 2.75) is 25.3 Å². The van der Waals surface area contributed by atoms with Gasteiger partial charge >= 0.3 is 0 Å². The second kappa shape index (κ2) is 4.40. The molecule has 0 bridgehead atoms. The molecule has 1 fully saturated rings. The summed E-state index contributed by atoms with van der Waals surface area (Å²) in [5.74, 6) is -0.285. The second-order valence-corrected chi connectivity index (χ2v) is 4.04. The molecule has 0 aliphatic heterocycles. The van der Waals surface area contributed by atoms with Gasteiger partial charge in [0, 0.05) is 12.6 Å². The molecule has 2 rings (SSSR count). The molecule has 0 heterocycles. The lowest BCUT2D eigenvalue weighted by molar-refractivity contribution is 0.626. The van der Waals surface area contributed by atoms with Gasteiger partial charge in [-0.25, -0.2) is 4.39 Å². The van der Waals surface area contributed by atoms with Crippen molar-refractivity contribution in [1.82, 2.24) is 0 Å². The van der Waals surface area contributed by atoms with E-state index in [2.05, 4.69) is 6.07 Å². The number of anilines is 2. The Morgan fingerprint density at radius 2 is 2.25 bits per heavy atom. The van der Waals surface area contributed by atoms with Crippen molar-refractivity contribution in [3.8, 4) is 6.07 Å². The topological polar surface area (TPSA) is 53.0 Å². The van der Waals surface area contributed by atoms with Gasteiger partial charge in [0.2, 0.25) is 0 Å². The number of benzene rings is 1. The van der Waals surface area contributed by atoms with E-state index in [1.807, 2.05) is 4.90 Å². The summed E-state index contributed by atoms with van der Waals surface area (Å²) in [6.45, 7) is 0.620. The van der Waals surface area contributed by atoms with Crippen LogP contribution in [-0.2, 0) is 0 Å². The third-order valence-corrected chi connectivity index (χ3v) is 2.75. The van der Waals surface area contributed by atoms with Gasteiger partial charge in [-0.2, -0.15) is 5.26 Å². The van der Waals surface area contributed by atoms with E-state index in [4.69, 9.17) is 11.0 Å². The third-order valence-electron chi connectivity index (χ3n) is 2.75. The van der Waals surface area contributed by atoms with Gasteiger partial charge in [0.05, 0.1) is 23.9 Å². The minimum absolute atomic E-state index is 0.285. The molecule has 1 aromatic rings. The second-order valence-electron chi connectivity index (χ2n) is 4.04. The van der Waals surface area contributed by atoms with Gasteiger partial charge in [0.25, 0.3) is 0 Å². The summed E-state index contributed by atoms with van der Waals surface area (Å²) in [5, 5.41) is 8.61. The molecule has 0 unspecified atom stereocenters. The van der Waals surface area contributed by atoms with Crippen molar-refractivity contribution >= 4 is 11.4 Å². The van der Waals surface area contributed by atoms with Crippen LogP contribution in [-0.4, -0.2) is 12.6 Å². The predicted molar refractivity (Wildman–Crippen MR) is 61.4 cm³/mol. The molecule has 1 aromatic carbocycles. The predicted octanol–water partition coefficient (Wildman–Crippen LogP) is 2.29. The van der Waals surface area contributed by atoms with E-state index < -0.39 is 0 Å². The van der Waals surface area contributed by atoms with Gasteiger partial charge in [-0.3, -0.25) is 0 Å². The molecular formula is C12H14FN3. The van der Waals surface area contributed by atoms with E-state index in [0.29, 0.717) is 24.7 Å². The minimum Gasteiger partial charge on any atom is -0.397 e. The highest BCUT2D eigenvalue weighted by Crippen LogP contribution is 2.35. The summed E-state index contributed by atoms with van der Waals surface area (Å²) in [6.07, 6.45) is 2.63. The lowest BCUT2D eigenvalue weighted by Gasteiger charge is -2.25. The molecule has 0 spiro atoms. The Kier molecular flexibility index (Phi) is 2.95. The van der Waals surface area contributed by atoms with Crippen LogP contribution in [0.25, 0.3) is 0 Å².